The van der Waals surface area contributed by atoms with Crippen molar-refractivity contribution in [3.05, 3.63) is 74.5 Å². The smallest absolute Gasteiger partial charge is 0.331 e. The third-order valence-corrected chi connectivity index (χ3v) is 4.77. The molecule has 2 aromatic carbocycles. The summed E-state index contributed by atoms with van der Waals surface area (Å²) in [7, 11) is 0. The summed E-state index contributed by atoms with van der Waals surface area (Å²) >= 11 is 3.28. The van der Waals surface area contributed by atoms with Gasteiger partial charge in [0.2, 0.25) is 0 Å². The van der Waals surface area contributed by atoms with Gasteiger partial charge in [-0.15, -0.1) is 0 Å². The fraction of sp³-hybridized carbons (Fsp3) is 0.318. The molecule has 0 N–H and O–H groups in total. The minimum atomic E-state index is -0.497. The van der Waals surface area contributed by atoms with Crippen LogP contribution in [-0.2, 0) is 21.6 Å². The summed E-state index contributed by atoms with van der Waals surface area (Å²) in [5.74, 6) is -0.884. The molecule has 26 heavy (non-hydrogen) atoms. The van der Waals surface area contributed by atoms with Gasteiger partial charge in [-0.2, -0.15) is 0 Å². The number of aryl methyl sites for hydroxylation is 2. The summed E-state index contributed by atoms with van der Waals surface area (Å²) in [4.78, 5) is 12.0. The molecule has 2 aromatic rings. The molecule has 2 rings (SSSR count). The number of halogens is 2. The first-order valence-electron chi connectivity index (χ1n) is 8.48. The van der Waals surface area contributed by atoms with Crippen LogP contribution in [0.15, 0.2) is 40.9 Å². The van der Waals surface area contributed by atoms with Gasteiger partial charge in [-0.05, 0) is 65.8 Å². The van der Waals surface area contributed by atoms with E-state index in [9.17, 15) is 9.18 Å². The molecule has 0 aliphatic heterocycles. The van der Waals surface area contributed by atoms with Crippen LogP contribution in [0.3, 0.4) is 0 Å². The lowest BCUT2D eigenvalue weighted by Crippen LogP contribution is -2.13. The molecular weight excluding hydrogens is 395 g/mol. The molecule has 0 radical (unpaired) electrons. The van der Waals surface area contributed by atoms with Crippen LogP contribution in [0, 0.1) is 19.7 Å². The van der Waals surface area contributed by atoms with E-state index in [4.69, 9.17) is 4.74 Å². The standard InChI is InChI=1S/C22H24BrFO2/c1-14-10-17(22(3,4)5)11-15(2)19(14)13-26-21(25)9-6-16-12-18(23)7-8-20(16)24/h6-12H,13H2,1-5H3/b9-6+. The molecule has 0 heterocycles. The van der Waals surface area contributed by atoms with Crippen LogP contribution in [-0.4, -0.2) is 5.97 Å². The normalized spacial score (nSPS) is 11.8. The molecule has 2 nitrogen and oxygen atoms in total. The number of hydrogen-bond donors (Lipinski definition) is 0. The number of ether oxygens (including phenoxy) is 1. The van der Waals surface area contributed by atoms with Gasteiger partial charge in [0, 0.05) is 16.1 Å². The summed E-state index contributed by atoms with van der Waals surface area (Å²) in [6.45, 7) is 10.8. The van der Waals surface area contributed by atoms with E-state index in [0.717, 1.165) is 21.2 Å². The molecule has 0 aliphatic carbocycles. The van der Waals surface area contributed by atoms with Crippen LogP contribution in [0.2, 0.25) is 0 Å². The zero-order valence-electron chi connectivity index (χ0n) is 15.8. The summed E-state index contributed by atoms with van der Waals surface area (Å²) in [6.07, 6.45) is 2.67. The second kappa shape index (κ2) is 8.17. The lowest BCUT2D eigenvalue weighted by atomic mass is 9.84. The van der Waals surface area contributed by atoms with Gasteiger partial charge in [0.15, 0.2) is 0 Å². The molecule has 0 amide bonds. The van der Waals surface area contributed by atoms with Crippen molar-refractivity contribution >= 4 is 28.0 Å². The van der Waals surface area contributed by atoms with Gasteiger partial charge in [0.25, 0.3) is 0 Å². The monoisotopic (exact) mass is 418 g/mol. The SMILES string of the molecule is Cc1cc(C(C)(C)C)cc(C)c1COC(=O)/C=C/c1cc(Br)ccc1F. The quantitative estimate of drug-likeness (QED) is 0.432. The highest BCUT2D eigenvalue weighted by Crippen LogP contribution is 2.27. The summed E-state index contributed by atoms with van der Waals surface area (Å²) in [5.41, 5.74) is 4.87. The zero-order chi connectivity index (χ0) is 19.5. The van der Waals surface area contributed by atoms with E-state index in [1.54, 1.807) is 12.1 Å². The van der Waals surface area contributed by atoms with Gasteiger partial charge in [0.05, 0.1) is 0 Å². The fourth-order valence-corrected chi connectivity index (χ4v) is 3.02. The van der Waals surface area contributed by atoms with Crippen molar-refractivity contribution in [1.29, 1.82) is 0 Å². The molecular formula is C22H24BrFO2. The third-order valence-electron chi connectivity index (χ3n) is 4.28. The second-order valence-corrected chi connectivity index (χ2v) is 8.36. The van der Waals surface area contributed by atoms with Gasteiger partial charge in [-0.1, -0.05) is 48.8 Å². The molecule has 138 valence electrons. The maximum Gasteiger partial charge on any atom is 0.331 e. The van der Waals surface area contributed by atoms with Crippen molar-refractivity contribution < 1.29 is 13.9 Å². The summed E-state index contributed by atoms with van der Waals surface area (Å²) in [5, 5.41) is 0. The van der Waals surface area contributed by atoms with E-state index in [0.29, 0.717) is 5.56 Å². The molecule has 0 spiro atoms. The summed E-state index contributed by atoms with van der Waals surface area (Å²) < 4.78 is 19.8. The molecule has 0 saturated heterocycles. The van der Waals surface area contributed by atoms with Gasteiger partial charge in [0.1, 0.15) is 12.4 Å². The zero-order valence-corrected chi connectivity index (χ0v) is 17.4. The predicted molar refractivity (Wildman–Crippen MR) is 108 cm³/mol. The Morgan fingerprint density at radius 2 is 1.77 bits per heavy atom. The number of carbonyl (C=O) groups is 1. The molecule has 0 saturated carbocycles. The Labute approximate surface area is 163 Å². The highest BCUT2D eigenvalue weighted by molar-refractivity contribution is 9.10. The van der Waals surface area contributed by atoms with E-state index in [2.05, 4.69) is 48.8 Å². The highest BCUT2D eigenvalue weighted by Gasteiger charge is 2.16. The number of hydrogen-bond acceptors (Lipinski definition) is 2. The Balaban J connectivity index is 2.08. The van der Waals surface area contributed by atoms with Crippen molar-refractivity contribution in [1.82, 2.24) is 0 Å². The van der Waals surface area contributed by atoms with Gasteiger partial charge < -0.3 is 4.74 Å². The lowest BCUT2D eigenvalue weighted by Gasteiger charge is -2.22. The van der Waals surface area contributed by atoms with E-state index in [-0.39, 0.29) is 17.8 Å². The van der Waals surface area contributed by atoms with Crippen molar-refractivity contribution in [2.45, 2.75) is 46.6 Å². The van der Waals surface area contributed by atoms with Crippen LogP contribution in [0.4, 0.5) is 4.39 Å². The van der Waals surface area contributed by atoms with Crippen LogP contribution in [0.1, 0.15) is 48.6 Å². The molecule has 0 bridgehead atoms. The molecule has 4 heteroatoms. The van der Waals surface area contributed by atoms with Crippen molar-refractivity contribution in [2.24, 2.45) is 0 Å². The number of esters is 1. The highest BCUT2D eigenvalue weighted by atomic mass is 79.9. The average Bonchev–Trinajstić information content (AvgIpc) is 2.54. The Kier molecular flexibility index (Phi) is 6.40. The van der Waals surface area contributed by atoms with E-state index < -0.39 is 5.97 Å². The second-order valence-electron chi connectivity index (χ2n) is 7.45. The maximum absolute atomic E-state index is 13.7. The Morgan fingerprint density at radius 3 is 2.35 bits per heavy atom. The number of carbonyl (C=O) groups excluding carboxylic acids is 1. The van der Waals surface area contributed by atoms with Crippen molar-refractivity contribution in [2.75, 3.05) is 0 Å². The van der Waals surface area contributed by atoms with Crippen LogP contribution >= 0.6 is 15.9 Å². The fourth-order valence-electron chi connectivity index (χ4n) is 2.65. The first kappa shape index (κ1) is 20.4. The number of rotatable bonds is 4. The third kappa shape index (κ3) is 5.28. The van der Waals surface area contributed by atoms with E-state index in [1.807, 2.05) is 13.8 Å². The largest absolute Gasteiger partial charge is 0.458 e. The minimum Gasteiger partial charge on any atom is -0.458 e. The van der Waals surface area contributed by atoms with Crippen LogP contribution < -0.4 is 0 Å². The Hall–Kier alpha value is -1.94. The molecule has 0 unspecified atom stereocenters. The first-order chi connectivity index (χ1) is 12.1. The summed E-state index contributed by atoms with van der Waals surface area (Å²) in [6, 6.07) is 8.85. The van der Waals surface area contributed by atoms with Gasteiger partial charge in [-0.25, -0.2) is 9.18 Å². The van der Waals surface area contributed by atoms with E-state index >= 15 is 0 Å². The minimum absolute atomic E-state index is 0.0709. The number of benzene rings is 2. The van der Waals surface area contributed by atoms with Crippen LogP contribution in [0.25, 0.3) is 6.08 Å². The molecule has 0 aromatic heterocycles. The molecule has 0 aliphatic rings. The van der Waals surface area contributed by atoms with Crippen molar-refractivity contribution in [3.8, 4) is 0 Å². The first-order valence-corrected chi connectivity index (χ1v) is 9.27. The lowest BCUT2D eigenvalue weighted by molar-refractivity contribution is -0.138. The average molecular weight is 419 g/mol. The predicted octanol–water partition coefficient (Wildman–Crippen LogP) is 6.26. The van der Waals surface area contributed by atoms with Crippen LogP contribution in [0.5, 0.6) is 0 Å². The van der Waals surface area contributed by atoms with Crippen molar-refractivity contribution in [3.63, 3.8) is 0 Å². The Morgan fingerprint density at radius 1 is 1.15 bits per heavy atom. The molecule has 0 fully saturated rings. The maximum atomic E-state index is 13.7. The molecule has 0 atom stereocenters. The topological polar surface area (TPSA) is 26.3 Å². The van der Waals surface area contributed by atoms with Gasteiger partial charge in [-0.3, -0.25) is 0 Å². The van der Waals surface area contributed by atoms with Gasteiger partial charge >= 0.3 is 5.97 Å². The van der Waals surface area contributed by atoms with E-state index in [1.165, 1.54) is 23.8 Å². The Bertz CT molecular complexity index is 825.